The van der Waals surface area contributed by atoms with Crippen molar-refractivity contribution in [1.29, 1.82) is 0 Å². The van der Waals surface area contributed by atoms with Gasteiger partial charge in [-0.1, -0.05) is 24.0 Å². The minimum atomic E-state index is -0.947. The fourth-order valence-corrected chi connectivity index (χ4v) is 4.51. The van der Waals surface area contributed by atoms with Gasteiger partial charge in [0.15, 0.2) is 0 Å². The summed E-state index contributed by atoms with van der Waals surface area (Å²) in [6.07, 6.45) is 2.77. The maximum absolute atomic E-state index is 12.8. The Kier molecular flexibility index (Phi) is 9.36. The third-order valence-electron chi connectivity index (χ3n) is 7.29. The van der Waals surface area contributed by atoms with E-state index in [0.29, 0.717) is 35.7 Å². The Hall–Kier alpha value is -4.49. The molecule has 10 nitrogen and oxygen atoms in total. The van der Waals surface area contributed by atoms with Crippen molar-refractivity contribution in [3.05, 3.63) is 70.7 Å². The lowest BCUT2D eigenvalue weighted by molar-refractivity contribution is -0.205. The first-order valence-corrected chi connectivity index (χ1v) is 14.3. The van der Waals surface area contributed by atoms with Crippen LogP contribution >= 0.6 is 0 Å². The van der Waals surface area contributed by atoms with Crippen molar-refractivity contribution >= 4 is 29.3 Å². The molecular formula is C33H38N4O6. The van der Waals surface area contributed by atoms with E-state index >= 15 is 0 Å². The van der Waals surface area contributed by atoms with E-state index < -0.39 is 28.8 Å². The second-order valence-corrected chi connectivity index (χ2v) is 12.0. The maximum atomic E-state index is 12.8. The smallest absolute Gasteiger partial charge is 0.338 e. The van der Waals surface area contributed by atoms with Gasteiger partial charge in [0.1, 0.15) is 5.65 Å². The second kappa shape index (κ2) is 12.8. The molecule has 0 unspecified atom stereocenters. The van der Waals surface area contributed by atoms with Gasteiger partial charge in [-0.05, 0) is 77.8 Å². The molecule has 3 heterocycles. The molecule has 0 radical (unpaired) electrons. The number of hydroxylamine groups is 2. The Morgan fingerprint density at radius 1 is 1.02 bits per heavy atom. The zero-order valence-corrected chi connectivity index (χ0v) is 25.6. The summed E-state index contributed by atoms with van der Waals surface area (Å²) in [6.45, 7) is 11.8. The molecule has 1 saturated heterocycles. The zero-order chi connectivity index (χ0) is 31.4. The monoisotopic (exact) mass is 586 g/mol. The van der Waals surface area contributed by atoms with Crippen LogP contribution in [0.2, 0.25) is 0 Å². The highest BCUT2D eigenvalue weighted by atomic mass is 16.7. The van der Waals surface area contributed by atoms with Gasteiger partial charge in [0, 0.05) is 55.6 Å². The van der Waals surface area contributed by atoms with Crippen molar-refractivity contribution in [3.8, 4) is 11.8 Å². The van der Waals surface area contributed by atoms with Crippen LogP contribution in [0.3, 0.4) is 0 Å². The van der Waals surface area contributed by atoms with Crippen LogP contribution in [0.25, 0.3) is 5.65 Å². The molecule has 0 atom stereocenters. The van der Waals surface area contributed by atoms with Gasteiger partial charge in [-0.2, -0.15) is 0 Å². The number of amides is 3. The molecule has 3 aromatic rings. The summed E-state index contributed by atoms with van der Waals surface area (Å²) in [5, 5.41) is 3.53. The Labute approximate surface area is 251 Å². The third kappa shape index (κ3) is 7.87. The number of carbonyl (C=O) groups is 4. The number of hydrogen-bond donors (Lipinski definition) is 1. The quantitative estimate of drug-likeness (QED) is 0.276. The van der Waals surface area contributed by atoms with E-state index in [-0.39, 0.29) is 25.4 Å². The molecule has 1 fully saturated rings. The molecule has 226 valence electrons. The number of aryl methyl sites for hydroxylation is 2. The summed E-state index contributed by atoms with van der Waals surface area (Å²) in [5.41, 5.74) is 3.35. The van der Waals surface area contributed by atoms with Gasteiger partial charge in [0.25, 0.3) is 17.7 Å². The van der Waals surface area contributed by atoms with Crippen molar-refractivity contribution < 1.29 is 28.8 Å². The van der Waals surface area contributed by atoms with Crippen LogP contribution in [-0.2, 0) is 30.5 Å². The molecule has 43 heavy (non-hydrogen) atoms. The van der Waals surface area contributed by atoms with Gasteiger partial charge in [0.2, 0.25) is 0 Å². The number of aromatic nitrogens is 2. The first-order valence-electron chi connectivity index (χ1n) is 14.3. The standard InChI is InChI=1S/C33H38N4O6/c1-22-20-23(2)36-18-15-26(29(36)35-22)30(40)34-21-25-11-9-24(10-12-25)8-7-16-33(5,6)42-19-17-32(3,4)31(41)43-37-27(38)13-14-28(37)39/h9-12,15,18,20H,13-14,16-17,19,21H2,1-6H3,(H,34,40). The highest BCUT2D eigenvalue weighted by molar-refractivity contribution is 6.02. The highest BCUT2D eigenvalue weighted by Crippen LogP contribution is 2.26. The highest BCUT2D eigenvalue weighted by Gasteiger charge is 2.38. The molecule has 0 saturated carbocycles. The summed E-state index contributed by atoms with van der Waals surface area (Å²) in [7, 11) is 0. The molecule has 1 N–H and O–H groups in total. The summed E-state index contributed by atoms with van der Waals surface area (Å²) in [6, 6.07) is 11.4. The van der Waals surface area contributed by atoms with Crippen LogP contribution in [-0.4, -0.2) is 50.3 Å². The number of carbonyl (C=O) groups excluding carboxylic acids is 4. The first kappa shape index (κ1) is 31.4. The summed E-state index contributed by atoms with van der Waals surface area (Å²) >= 11 is 0. The Morgan fingerprint density at radius 3 is 2.37 bits per heavy atom. The fraction of sp³-hybridized carbons (Fsp3) is 0.424. The lowest BCUT2D eigenvalue weighted by Gasteiger charge is -2.27. The normalized spacial score (nSPS) is 13.7. The number of benzene rings is 1. The van der Waals surface area contributed by atoms with Crippen molar-refractivity contribution in [2.75, 3.05) is 6.61 Å². The van der Waals surface area contributed by atoms with Gasteiger partial charge >= 0.3 is 5.97 Å². The van der Waals surface area contributed by atoms with E-state index in [2.05, 4.69) is 22.1 Å². The molecule has 10 heteroatoms. The second-order valence-electron chi connectivity index (χ2n) is 12.0. The molecule has 1 aliphatic heterocycles. The summed E-state index contributed by atoms with van der Waals surface area (Å²) in [5.74, 6) is 4.47. The van der Waals surface area contributed by atoms with Crippen LogP contribution in [0.15, 0.2) is 42.6 Å². The minimum absolute atomic E-state index is 0.0533. The van der Waals surface area contributed by atoms with Crippen molar-refractivity contribution in [2.45, 2.75) is 79.4 Å². The van der Waals surface area contributed by atoms with E-state index in [9.17, 15) is 19.2 Å². The van der Waals surface area contributed by atoms with Crippen LogP contribution in [0, 0.1) is 31.1 Å². The average Bonchev–Trinajstić information content (AvgIpc) is 3.51. The molecule has 3 amide bonds. The van der Waals surface area contributed by atoms with Crippen molar-refractivity contribution in [1.82, 2.24) is 19.8 Å². The van der Waals surface area contributed by atoms with Crippen molar-refractivity contribution in [3.63, 3.8) is 0 Å². The summed E-state index contributed by atoms with van der Waals surface area (Å²) < 4.78 is 7.91. The van der Waals surface area contributed by atoms with Gasteiger partial charge in [-0.3, -0.25) is 14.4 Å². The lowest BCUT2D eigenvalue weighted by Crippen LogP contribution is -2.38. The molecule has 0 aliphatic carbocycles. The predicted molar refractivity (Wildman–Crippen MR) is 159 cm³/mol. The zero-order valence-electron chi connectivity index (χ0n) is 25.6. The van der Waals surface area contributed by atoms with Crippen LogP contribution in [0.5, 0.6) is 0 Å². The van der Waals surface area contributed by atoms with Crippen LogP contribution in [0.4, 0.5) is 0 Å². The summed E-state index contributed by atoms with van der Waals surface area (Å²) in [4.78, 5) is 58.4. The minimum Gasteiger partial charge on any atom is -0.375 e. The number of fused-ring (bicyclic) bond motifs is 1. The number of nitrogens with zero attached hydrogens (tertiary/aromatic N) is 3. The number of ether oxygens (including phenoxy) is 1. The van der Waals surface area contributed by atoms with Crippen LogP contribution < -0.4 is 5.32 Å². The molecule has 0 bridgehead atoms. The van der Waals surface area contributed by atoms with Gasteiger partial charge < -0.3 is 19.3 Å². The van der Waals surface area contributed by atoms with Gasteiger partial charge in [-0.25, -0.2) is 9.78 Å². The molecule has 1 aromatic carbocycles. The van der Waals surface area contributed by atoms with E-state index in [1.54, 1.807) is 19.9 Å². The Morgan fingerprint density at radius 2 is 1.70 bits per heavy atom. The molecular weight excluding hydrogens is 548 g/mol. The van der Waals surface area contributed by atoms with E-state index in [4.69, 9.17) is 9.57 Å². The largest absolute Gasteiger partial charge is 0.375 e. The fourth-order valence-electron chi connectivity index (χ4n) is 4.51. The molecule has 0 spiro atoms. The van der Waals surface area contributed by atoms with Crippen LogP contribution in [0.1, 0.15) is 86.3 Å². The Balaban J connectivity index is 1.23. The molecule has 4 rings (SSSR count). The maximum Gasteiger partial charge on any atom is 0.338 e. The predicted octanol–water partition coefficient (Wildman–Crippen LogP) is 4.44. The van der Waals surface area contributed by atoms with E-state index in [0.717, 1.165) is 22.5 Å². The average molecular weight is 587 g/mol. The third-order valence-corrected chi connectivity index (χ3v) is 7.29. The van der Waals surface area contributed by atoms with Gasteiger partial charge in [0.05, 0.1) is 16.6 Å². The number of rotatable bonds is 10. The first-order chi connectivity index (χ1) is 20.3. The van der Waals surface area contributed by atoms with E-state index in [1.165, 1.54) is 0 Å². The van der Waals surface area contributed by atoms with Gasteiger partial charge in [-0.15, -0.1) is 5.06 Å². The van der Waals surface area contributed by atoms with Crippen molar-refractivity contribution in [2.24, 2.45) is 5.41 Å². The Bertz CT molecular complexity index is 1590. The molecule has 2 aromatic heterocycles. The number of nitrogens with one attached hydrogen (secondary N) is 1. The number of hydrogen-bond acceptors (Lipinski definition) is 7. The SMILES string of the molecule is Cc1cc(C)n2ccc(C(=O)NCc3ccc(C#CCC(C)(C)OCCC(C)(C)C(=O)ON4C(=O)CCC4=O)cc3)c2n1. The lowest BCUT2D eigenvalue weighted by atomic mass is 9.90. The molecule has 1 aliphatic rings. The number of imide groups is 1. The topological polar surface area (TPSA) is 119 Å². The van der Waals surface area contributed by atoms with E-state index in [1.807, 2.05) is 68.6 Å².